The molecule has 0 amide bonds. The summed E-state index contributed by atoms with van der Waals surface area (Å²) in [6, 6.07) is 16.5. The van der Waals surface area contributed by atoms with Crippen molar-refractivity contribution in [1.29, 1.82) is 0 Å². The van der Waals surface area contributed by atoms with Crippen molar-refractivity contribution >= 4 is 27.5 Å². The minimum absolute atomic E-state index is 0.549. The van der Waals surface area contributed by atoms with Crippen LogP contribution in [0.25, 0.3) is 50.2 Å². The molecule has 6 rings (SSSR count). The molecule has 0 bridgehead atoms. The Labute approximate surface area is 221 Å². The predicted molar refractivity (Wildman–Crippen MR) is 156 cm³/mol. The van der Waals surface area contributed by atoms with Crippen LogP contribution in [0.4, 0.5) is 0 Å². The lowest BCUT2D eigenvalue weighted by atomic mass is 9.83. The number of hydrogen-bond acceptors (Lipinski definition) is 4. The van der Waals surface area contributed by atoms with Gasteiger partial charge in [0.2, 0.25) is 0 Å². The molecule has 1 aromatic carbocycles. The number of pyridine rings is 2. The second kappa shape index (κ2) is 9.98. The molecule has 5 aromatic rings. The molecular weight excluding hydrogens is 468 g/mol. The van der Waals surface area contributed by atoms with Crippen molar-refractivity contribution in [2.75, 3.05) is 0 Å². The Balaban J connectivity index is 1.37. The normalized spacial score (nSPS) is 14.6. The van der Waals surface area contributed by atoms with Crippen molar-refractivity contribution in [3.05, 3.63) is 109 Å². The second-order valence-corrected chi connectivity index (χ2v) is 9.68. The zero-order valence-electron chi connectivity index (χ0n) is 21.5. The fraction of sp³-hybridized carbons (Fsp3) is 0.156. The summed E-state index contributed by atoms with van der Waals surface area (Å²) in [5.74, 6) is 0.549. The zero-order chi connectivity index (χ0) is 26.1. The Kier molecular flexibility index (Phi) is 6.22. The summed E-state index contributed by atoms with van der Waals surface area (Å²) in [6.45, 7) is 10.3. The number of rotatable bonds is 8. The van der Waals surface area contributed by atoms with Gasteiger partial charge in [0.05, 0.1) is 17.1 Å². The maximum Gasteiger partial charge on any atom is 0.181 e. The number of nitrogens with one attached hydrogen (secondary N) is 3. The van der Waals surface area contributed by atoms with Crippen LogP contribution in [-0.4, -0.2) is 25.1 Å². The Bertz CT molecular complexity index is 1710. The van der Waals surface area contributed by atoms with Gasteiger partial charge in [0.15, 0.2) is 5.65 Å². The number of aromatic nitrogens is 5. The number of benzene rings is 1. The Morgan fingerprint density at radius 3 is 2.71 bits per heavy atom. The van der Waals surface area contributed by atoms with E-state index >= 15 is 0 Å². The highest BCUT2D eigenvalue weighted by Gasteiger charge is 2.21. The smallest absolute Gasteiger partial charge is 0.181 e. The molecule has 6 heteroatoms. The van der Waals surface area contributed by atoms with E-state index in [-0.39, 0.29) is 0 Å². The van der Waals surface area contributed by atoms with Gasteiger partial charge in [-0.25, -0.2) is 4.98 Å². The van der Waals surface area contributed by atoms with Gasteiger partial charge in [0.1, 0.15) is 0 Å². The van der Waals surface area contributed by atoms with Gasteiger partial charge in [0.25, 0.3) is 0 Å². The minimum Gasteiger partial charge on any atom is -0.359 e. The molecule has 188 valence electrons. The summed E-state index contributed by atoms with van der Waals surface area (Å²) in [6.07, 6.45) is 13.4. The van der Waals surface area contributed by atoms with Crippen molar-refractivity contribution in [2.24, 2.45) is 5.92 Å². The third kappa shape index (κ3) is 4.34. The number of allylic oxidation sites excluding steroid dienone is 5. The predicted octanol–water partition coefficient (Wildman–Crippen LogP) is 7.54. The number of hydrogen-bond donors (Lipinski definition) is 3. The van der Waals surface area contributed by atoms with Crippen LogP contribution in [0, 0.1) is 5.92 Å². The molecule has 0 atom stereocenters. The van der Waals surface area contributed by atoms with Gasteiger partial charge in [-0.1, -0.05) is 43.9 Å². The molecule has 1 aliphatic rings. The van der Waals surface area contributed by atoms with E-state index in [0.29, 0.717) is 11.6 Å². The number of aromatic amines is 2. The Morgan fingerprint density at radius 2 is 1.97 bits per heavy atom. The number of nitrogens with zero attached hydrogens (tertiary/aromatic N) is 3. The van der Waals surface area contributed by atoms with Crippen molar-refractivity contribution in [3.8, 4) is 22.6 Å². The summed E-state index contributed by atoms with van der Waals surface area (Å²) < 4.78 is 0. The molecule has 6 nitrogen and oxygen atoms in total. The fourth-order valence-corrected chi connectivity index (χ4v) is 4.99. The maximum atomic E-state index is 4.66. The molecule has 0 spiro atoms. The first-order valence-electron chi connectivity index (χ1n) is 13.0. The van der Waals surface area contributed by atoms with Gasteiger partial charge < -0.3 is 10.3 Å². The summed E-state index contributed by atoms with van der Waals surface area (Å²) in [5, 5.41) is 13.2. The molecule has 0 aliphatic heterocycles. The number of H-pyrrole nitrogens is 2. The summed E-state index contributed by atoms with van der Waals surface area (Å²) >= 11 is 0. The first kappa shape index (κ1) is 23.7. The molecular formula is C32H30N6. The van der Waals surface area contributed by atoms with E-state index in [4.69, 9.17) is 0 Å². The molecule has 0 unspecified atom stereocenters. The van der Waals surface area contributed by atoms with Crippen molar-refractivity contribution in [1.82, 2.24) is 30.5 Å². The van der Waals surface area contributed by atoms with E-state index < -0.39 is 0 Å². The average molecular weight is 499 g/mol. The maximum absolute atomic E-state index is 4.66. The lowest BCUT2D eigenvalue weighted by molar-refractivity contribution is 0.356. The van der Waals surface area contributed by atoms with Crippen LogP contribution >= 0.6 is 0 Å². The molecule has 0 radical (unpaired) electrons. The van der Waals surface area contributed by atoms with E-state index in [1.54, 1.807) is 0 Å². The molecule has 38 heavy (non-hydrogen) atoms. The van der Waals surface area contributed by atoms with Crippen LogP contribution in [-0.2, 0) is 0 Å². The SMILES string of the molecule is C=C/C(=C\C(=C/C)c1cnc2n[nH]c(-c3cc4c(-c5ccccn5)cccc4[nH]3)c2c1)NC(=C)C1CCC1. The third-order valence-corrected chi connectivity index (χ3v) is 7.36. The molecule has 4 heterocycles. The van der Waals surface area contributed by atoms with Gasteiger partial charge in [-0.3, -0.25) is 10.1 Å². The summed E-state index contributed by atoms with van der Waals surface area (Å²) in [5.41, 5.74) is 9.64. The molecule has 1 saturated carbocycles. The van der Waals surface area contributed by atoms with E-state index in [1.807, 2.05) is 49.7 Å². The minimum atomic E-state index is 0.549. The second-order valence-electron chi connectivity index (χ2n) is 9.68. The van der Waals surface area contributed by atoms with Crippen LogP contribution in [0.1, 0.15) is 31.7 Å². The average Bonchev–Trinajstić information content (AvgIpc) is 3.54. The van der Waals surface area contributed by atoms with Gasteiger partial charge in [0, 0.05) is 51.2 Å². The molecule has 4 aromatic heterocycles. The first-order valence-corrected chi connectivity index (χ1v) is 13.0. The fourth-order valence-electron chi connectivity index (χ4n) is 4.99. The Morgan fingerprint density at radius 1 is 1.08 bits per heavy atom. The topological polar surface area (TPSA) is 82.3 Å². The van der Waals surface area contributed by atoms with Crippen LogP contribution in [0.3, 0.4) is 0 Å². The zero-order valence-corrected chi connectivity index (χ0v) is 21.5. The molecule has 1 aliphatic carbocycles. The first-order chi connectivity index (χ1) is 18.6. The van der Waals surface area contributed by atoms with Crippen LogP contribution in [0.15, 0.2) is 104 Å². The standard InChI is InChI=1S/C32H30N6/c1-4-21(16-24(5-2)35-20(3)22-10-8-11-22)23-17-27-31(37-38-32(27)34-19-23)30-18-26-25(12-9-14-29(26)36-30)28-13-6-7-15-33-28/h4-7,9,12-19,22,35-36H,2-3,8,10-11H2,1H3,(H,34,37,38)/b21-4+,24-16+. The van der Waals surface area contributed by atoms with E-state index in [2.05, 4.69) is 80.0 Å². The molecule has 1 fully saturated rings. The van der Waals surface area contributed by atoms with Crippen molar-refractivity contribution in [2.45, 2.75) is 26.2 Å². The van der Waals surface area contributed by atoms with Gasteiger partial charge in [-0.2, -0.15) is 5.10 Å². The highest BCUT2D eigenvalue weighted by Crippen LogP contribution is 2.34. The molecule has 0 saturated heterocycles. The van der Waals surface area contributed by atoms with Crippen molar-refractivity contribution in [3.63, 3.8) is 0 Å². The third-order valence-electron chi connectivity index (χ3n) is 7.36. The quantitative estimate of drug-likeness (QED) is 0.193. The van der Waals surface area contributed by atoms with E-state index in [9.17, 15) is 0 Å². The van der Waals surface area contributed by atoms with E-state index in [0.717, 1.165) is 61.5 Å². The largest absolute Gasteiger partial charge is 0.359 e. The van der Waals surface area contributed by atoms with Crippen LogP contribution in [0.2, 0.25) is 0 Å². The Hall–Kier alpha value is -4.71. The lowest BCUT2D eigenvalue weighted by Crippen LogP contribution is -2.23. The highest BCUT2D eigenvalue weighted by atomic mass is 15.2. The summed E-state index contributed by atoms with van der Waals surface area (Å²) in [4.78, 5) is 12.8. The monoisotopic (exact) mass is 498 g/mol. The summed E-state index contributed by atoms with van der Waals surface area (Å²) in [7, 11) is 0. The van der Waals surface area contributed by atoms with Gasteiger partial charge in [-0.05, 0) is 73.7 Å². The lowest BCUT2D eigenvalue weighted by Gasteiger charge is -2.28. The van der Waals surface area contributed by atoms with Gasteiger partial charge >= 0.3 is 0 Å². The van der Waals surface area contributed by atoms with Crippen LogP contribution in [0.5, 0.6) is 0 Å². The van der Waals surface area contributed by atoms with Crippen molar-refractivity contribution < 1.29 is 0 Å². The number of fused-ring (bicyclic) bond motifs is 2. The highest BCUT2D eigenvalue weighted by molar-refractivity contribution is 6.00. The van der Waals surface area contributed by atoms with E-state index in [1.165, 1.54) is 19.3 Å². The van der Waals surface area contributed by atoms with Gasteiger partial charge in [-0.15, -0.1) is 0 Å². The van der Waals surface area contributed by atoms with Crippen LogP contribution < -0.4 is 5.32 Å². The molecule has 3 N–H and O–H groups in total.